The lowest BCUT2D eigenvalue weighted by Crippen LogP contribution is -2.35. The van der Waals surface area contributed by atoms with Gasteiger partial charge in [0.15, 0.2) is 6.23 Å². The molecule has 1 unspecified atom stereocenters. The van der Waals surface area contributed by atoms with Crippen LogP contribution >= 0.6 is 11.8 Å². The van der Waals surface area contributed by atoms with Gasteiger partial charge in [0.05, 0.1) is 12.4 Å². The van der Waals surface area contributed by atoms with Gasteiger partial charge in [-0.25, -0.2) is 4.90 Å². The second-order valence-electron chi connectivity index (χ2n) is 5.71. The van der Waals surface area contributed by atoms with Crippen LogP contribution in [0.2, 0.25) is 0 Å². The van der Waals surface area contributed by atoms with Gasteiger partial charge in [0.1, 0.15) is 0 Å². The third kappa shape index (κ3) is 4.27. The van der Waals surface area contributed by atoms with E-state index in [0.29, 0.717) is 13.0 Å². The number of thioether (sulfide) groups is 1. The molecule has 1 fully saturated rings. The van der Waals surface area contributed by atoms with Gasteiger partial charge in [-0.2, -0.15) is 0 Å². The van der Waals surface area contributed by atoms with Crippen LogP contribution in [0.4, 0.5) is 4.79 Å². The Hall–Kier alpha value is -2.18. The Kier molecular flexibility index (Phi) is 5.83. The molecule has 6 heteroatoms. The molecular formula is C19H20N2O3S. The Labute approximate surface area is 151 Å². The number of benzene rings is 1. The van der Waals surface area contributed by atoms with E-state index >= 15 is 0 Å². The zero-order valence-corrected chi connectivity index (χ0v) is 14.9. The molecule has 2 heterocycles. The highest BCUT2D eigenvalue weighted by molar-refractivity contribution is 8.14. The number of imide groups is 1. The van der Waals surface area contributed by atoms with Crippen molar-refractivity contribution in [2.45, 2.75) is 26.0 Å². The molecule has 1 aliphatic rings. The number of carbonyl (C=O) groups is 2. The van der Waals surface area contributed by atoms with E-state index in [0.717, 1.165) is 29.4 Å². The molecule has 3 rings (SSSR count). The quantitative estimate of drug-likeness (QED) is 0.759. The number of hydrogen-bond acceptors (Lipinski definition) is 5. The van der Waals surface area contributed by atoms with Crippen LogP contribution in [0.1, 0.15) is 30.0 Å². The van der Waals surface area contributed by atoms with Crippen LogP contribution in [0.3, 0.4) is 0 Å². The molecule has 5 nitrogen and oxygen atoms in total. The van der Waals surface area contributed by atoms with E-state index in [9.17, 15) is 9.59 Å². The van der Waals surface area contributed by atoms with Crippen molar-refractivity contribution in [2.75, 3.05) is 12.4 Å². The van der Waals surface area contributed by atoms with Crippen LogP contribution in [0.25, 0.3) is 0 Å². The van der Waals surface area contributed by atoms with Gasteiger partial charge in [-0.3, -0.25) is 14.6 Å². The van der Waals surface area contributed by atoms with Crippen molar-refractivity contribution < 1.29 is 14.3 Å². The van der Waals surface area contributed by atoms with Gasteiger partial charge in [0.2, 0.25) is 5.91 Å². The van der Waals surface area contributed by atoms with E-state index in [1.807, 2.05) is 36.4 Å². The topological polar surface area (TPSA) is 59.5 Å². The summed E-state index contributed by atoms with van der Waals surface area (Å²) < 4.78 is 5.96. The van der Waals surface area contributed by atoms with Crippen molar-refractivity contribution in [3.8, 4) is 0 Å². The van der Waals surface area contributed by atoms with E-state index in [4.69, 9.17) is 4.74 Å². The summed E-state index contributed by atoms with van der Waals surface area (Å²) >= 11 is 1.02. The number of rotatable bonds is 7. The zero-order chi connectivity index (χ0) is 17.6. The summed E-state index contributed by atoms with van der Waals surface area (Å²) in [6.45, 7) is 2.48. The Morgan fingerprint density at radius 1 is 1.24 bits per heavy atom. The molecule has 2 amide bonds. The maximum Gasteiger partial charge on any atom is 0.291 e. The summed E-state index contributed by atoms with van der Waals surface area (Å²) in [6, 6.07) is 13.4. The summed E-state index contributed by atoms with van der Waals surface area (Å²) in [5, 5.41) is -0.259. The van der Waals surface area contributed by atoms with Crippen LogP contribution in [0.15, 0.2) is 48.7 Å². The smallest absolute Gasteiger partial charge is 0.291 e. The zero-order valence-electron chi connectivity index (χ0n) is 14.1. The second kappa shape index (κ2) is 8.27. The predicted molar refractivity (Wildman–Crippen MR) is 97.2 cm³/mol. The van der Waals surface area contributed by atoms with Crippen molar-refractivity contribution in [1.29, 1.82) is 0 Å². The first-order valence-corrected chi connectivity index (χ1v) is 9.26. The number of pyridine rings is 1. The van der Waals surface area contributed by atoms with Gasteiger partial charge in [-0.1, -0.05) is 49.0 Å². The largest absolute Gasteiger partial charge is 0.353 e. The molecule has 0 aliphatic carbocycles. The standard InChI is InChI=1S/C19H20N2O3S/c1-2-14-8-10-20-16(12-14)9-11-24-18(15-6-4-3-5-7-15)21-17(22)13-25-19(21)23/h3-8,10,12,18H,2,9,11,13H2,1H3. The molecule has 0 spiro atoms. The number of ether oxygens (including phenoxy) is 1. The summed E-state index contributed by atoms with van der Waals surface area (Å²) in [4.78, 5) is 29.8. The SMILES string of the molecule is CCc1ccnc(CCOC(c2ccccc2)N2C(=O)CSC2=O)c1. The minimum atomic E-state index is -0.689. The normalized spacial score (nSPS) is 15.6. The van der Waals surface area contributed by atoms with Crippen LogP contribution < -0.4 is 0 Å². The average Bonchev–Trinajstić information content (AvgIpc) is 2.98. The van der Waals surface area contributed by atoms with Gasteiger partial charge < -0.3 is 4.74 Å². The minimum Gasteiger partial charge on any atom is -0.353 e. The van der Waals surface area contributed by atoms with E-state index < -0.39 is 6.23 Å². The third-order valence-electron chi connectivity index (χ3n) is 4.03. The second-order valence-corrected chi connectivity index (χ2v) is 6.64. The minimum absolute atomic E-state index is 0.172. The molecule has 0 saturated carbocycles. The molecule has 1 atom stereocenters. The molecule has 1 saturated heterocycles. The fraction of sp³-hybridized carbons (Fsp3) is 0.316. The Morgan fingerprint density at radius 2 is 2.04 bits per heavy atom. The highest BCUT2D eigenvalue weighted by atomic mass is 32.2. The molecule has 1 aromatic heterocycles. The van der Waals surface area contributed by atoms with E-state index in [-0.39, 0.29) is 16.9 Å². The Bertz CT molecular complexity index is 735. The maximum absolute atomic E-state index is 12.1. The van der Waals surface area contributed by atoms with E-state index in [1.54, 1.807) is 6.20 Å². The molecule has 0 N–H and O–H groups in total. The van der Waals surface area contributed by atoms with Crippen molar-refractivity contribution in [1.82, 2.24) is 9.88 Å². The van der Waals surface area contributed by atoms with Crippen LogP contribution in [0.5, 0.6) is 0 Å². The summed E-state index contributed by atoms with van der Waals surface area (Å²) in [5.74, 6) is -0.0408. The molecule has 130 valence electrons. The lowest BCUT2D eigenvalue weighted by atomic mass is 10.1. The molecule has 25 heavy (non-hydrogen) atoms. The molecule has 1 aromatic carbocycles. The van der Waals surface area contributed by atoms with Crippen LogP contribution in [0, 0.1) is 0 Å². The number of nitrogens with zero attached hydrogens (tertiary/aromatic N) is 2. The maximum atomic E-state index is 12.1. The van der Waals surface area contributed by atoms with Gasteiger partial charge in [0.25, 0.3) is 5.24 Å². The highest BCUT2D eigenvalue weighted by Crippen LogP contribution is 2.31. The Morgan fingerprint density at radius 3 is 2.72 bits per heavy atom. The van der Waals surface area contributed by atoms with Crippen LogP contribution in [-0.2, 0) is 22.4 Å². The number of aromatic nitrogens is 1. The van der Waals surface area contributed by atoms with Crippen molar-refractivity contribution in [2.24, 2.45) is 0 Å². The van der Waals surface area contributed by atoms with Gasteiger partial charge in [0, 0.05) is 23.9 Å². The lowest BCUT2D eigenvalue weighted by Gasteiger charge is -2.26. The monoisotopic (exact) mass is 356 g/mol. The lowest BCUT2D eigenvalue weighted by molar-refractivity contribution is -0.135. The number of hydrogen-bond donors (Lipinski definition) is 0. The van der Waals surface area contributed by atoms with Gasteiger partial charge in [-0.05, 0) is 24.1 Å². The number of aryl methyl sites for hydroxylation is 1. The number of amides is 2. The number of carbonyl (C=O) groups excluding carboxylic acids is 2. The summed E-state index contributed by atoms with van der Waals surface area (Å²) in [5.41, 5.74) is 2.97. The van der Waals surface area contributed by atoms with Crippen LogP contribution in [-0.4, -0.2) is 33.4 Å². The summed E-state index contributed by atoms with van der Waals surface area (Å²) in [6.07, 6.45) is 2.69. The Balaban J connectivity index is 1.72. The fourth-order valence-corrected chi connectivity index (χ4v) is 3.41. The first-order valence-electron chi connectivity index (χ1n) is 8.28. The molecule has 0 bridgehead atoms. The van der Waals surface area contributed by atoms with E-state index in [1.165, 1.54) is 10.5 Å². The molecule has 2 aromatic rings. The third-order valence-corrected chi connectivity index (χ3v) is 4.86. The van der Waals surface area contributed by atoms with Crippen molar-refractivity contribution >= 4 is 22.9 Å². The highest BCUT2D eigenvalue weighted by Gasteiger charge is 2.37. The fourth-order valence-electron chi connectivity index (χ4n) is 2.69. The van der Waals surface area contributed by atoms with Gasteiger partial charge in [-0.15, -0.1) is 0 Å². The molecular weight excluding hydrogens is 336 g/mol. The van der Waals surface area contributed by atoms with Gasteiger partial charge >= 0.3 is 0 Å². The first-order chi connectivity index (χ1) is 12.2. The molecule has 0 radical (unpaired) electrons. The van der Waals surface area contributed by atoms with Crippen molar-refractivity contribution in [3.63, 3.8) is 0 Å². The summed E-state index contributed by atoms with van der Waals surface area (Å²) in [7, 11) is 0. The van der Waals surface area contributed by atoms with E-state index in [2.05, 4.69) is 18.0 Å². The molecule has 1 aliphatic heterocycles. The average molecular weight is 356 g/mol. The van der Waals surface area contributed by atoms with Crippen molar-refractivity contribution in [3.05, 3.63) is 65.5 Å². The predicted octanol–water partition coefficient (Wildman–Crippen LogP) is 3.60. The first kappa shape index (κ1) is 17.6.